The van der Waals surface area contributed by atoms with Gasteiger partial charge in [0, 0.05) is 12.7 Å². The predicted octanol–water partition coefficient (Wildman–Crippen LogP) is 1.26. The molecule has 1 aromatic heterocycles. The molecule has 0 N–H and O–H groups in total. The molecule has 0 bridgehead atoms. The number of aryl methyl sites for hydroxylation is 2. The molecule has 5 heteroatoms. The maximum atomic E-state index is 12.2. The lowest BCUT2D eigenvalue weighted by molar-refractivity contribution is 0.597. The van der Waals surface area contributed by atoms with Crippen molar-refractivity contribution >= 4 is 0 Å². The fraction of sp³-hybridized carbons (Fsp3) is 0.267. The molecule has 5 nitrogen and oxygen atoms in total. The number of aromatic nitrogens is 2. The second-order valence-electron chi connectivity index (χ2n) is 4.60. The maximum absolute atomic E-state index is 12.2. The van der Waals surface area contributed by atoms with E-state index in [0.717, 1.165) is 15.7 Å². The molecular weight excluding hydrogens is 254 g/mol. The Morgan fingerprint density at radius 1 is 1.30 bits per heavy atom. The quantitative estimate of drug-likeness (QED) is 0.842. The number of nitrogens with zero attached hydrogens (tertiary/aromatic N) is 3. The zero-order chi connectivity index (χ0) is 14.7. The van der Waals surface area contributed by atoms with E-state index in [-0.39, 0.29) is 12.1 Å². The average Bonchev–Trinajstić information content (AvgIpc) is 2.44. The summed E-state index contributed by atoms with van der Waals surface area (Å²) in [6.07, 6.45) is 1.32. The van der Waals surface area contributed by atoms with Gasteiger partial charge in [-0.1, -0.05) is 29.8 Å². The third-order valence-corrected chi connectivity index (χ3v) is 3.12. The van der Waals surface area contributed by atoms with E-state index in [1.165, 1.54) is 10.8 Å². The van der Waals surface area contributed by atoms with Crippen molar-refractivity contribution in [2.75, 3.05) is 0 Å². The van der Waals surface area contributed by atoms with Crippen molar-refractivity contribution in [1.29, 1.82) is 5.26 Å². The van der Waals surface area contributed by atoms with Gasteiger partial charge in [0.05, 0.1) is 6.54 Å². The summed E-state index contributed by atoms with van der Waals surface area (Å²) in [5.41, 5.74) is 0.977. The molecule has 1 heterocycles. The van der Waals surface area contributed by atoms with Gasteiger partial charge in [0.1, 0.15) is 11.6 Å². The summed E-state index contributed by atoms with van der Waals surface area (Å²) >= 11 is 0. The van der Waals surface area contributed by atoms with Crippen LogP contribution in [0.25, 0.3) is 0 Å². The minimum atomic E-state index is -0.538. The van der Waals surface area contributed by atoms with Crippen LogP contribution in [0, 0.1) is 18.3 Å². The van der Waals surface area contributed by atoms with Crippen molar-refractivity contribution in [1.82, 2.24) is 9.13 Å². The van der Waals surface area contributed by atoms with Crippen molar-refractivity contribution in [2.24, 2.45) is 0 Å². The fourth-order valence-corrected chi connectivity index (χ4v) is 2.09. The molecule has 0 spiro atoms. The SMILES string of the molecule is CCn1cc(C#N)c(=O)n(Cc2cccc(C)c2)c1=O. The van der Waals surface area contributed by atoms with Gasteiger partial charge in [0.25, 0.3) is 5.56 Å². The average molecular weight is 269 g/mol. The number of hydrogen-bond acceptors (Lipinski definition) is 3. The van der Waals surface area contributed by atoms with Gasteiger partial charge in [-0.25, -0.2) is 4.79 Å². The maximum Gasteiger partial charge on any atom is 0.331 e. The molecule has 0 saturated heterocycles. The Kier molecular flexibility index (Phi) is 3.85. The summed E-state index contributed by atoms with van der Waals surface area (Å²) in [5, 5.41) is 8.99. The number of benzene rings is 1. The third-order valence-electron chi connectivity index (χ3n) is 3.12. The first-order valence-corrected chi connectivity index (χ1v) is 6.36. The Morgan fingerprint density at radius 3 is 2.65 bits per heavy atom. The van der Waals surface area contributed by atoms with E-state index in [1.54, 1.807) is 6.92 Å². The molecule has 20 heavy (non-hydrogen) atoms. The second kappa shape index (κ2) is 5.57. The van der Waals surface area contributed by atoms with Crippen molar-refractivity contribution < 1.29 is 0 Å². The van der Waals surface area contributed by atoms with Gasteiger partial charge in [-0.05, 0) is 19.4 Å². The molecular formula is C15H15N3O2. The molecule has 0 atom stereocenters. The van der Waals surface area contributed by atoms with Crippen LogP contribution in [0.15, 0.2) is 40.1 Å². The van der Waals surface area contributed by atoms with E-state index in [1.807, 2.05) is 37.3 Å². The molecule has 0 aliphatic rings. The van der Waals surface area contributed by atoms with Crippen LogP contribution in [0.2, 0.25) is 0 Å². The summed E-state index contributed by atoms with van der Waals surface area (Å²) in [6.45, 7) is 4.34. The van der Waals surface area contributed by atoms with Crippen molar-refractivity contribution in [3.8, 4) is 6.07 Å². The summed E-state index contributed by atoms with van der Waals surface area (Å²) in [7, 11) is 0. The summed E-state index contributed by atoms with van der Waals surface area (Å²) < 4.78 is 2.48. The molecule has 0 aliphatic heterocycles. The zero-order valence-corrected chi connectivity index (χ0v) is 11.5. The van der Waals surface area contributed by atoms with Crippen LogP contribution in [0.5, 0.6) is 0 Å². The van der Waals surface area contributed by atoms with Crippen molar-refractivity contribution in [2.45, 2.75) is 26.9 Å². The standard InChI is InChI=1S/C15H15N3O2/c1-3-17-10-13(8-16)14(19)18(15(17)20)9-12-6-4-5-11(2)7-12/h4-7,10H,3,9H2,1-2H3. The predicted molar refractivity (Wildman–Crippen MR) is 75.6 cm³/mol. The molecule has 2 aromatic rings. The van der Waals surface area contributed by atoms with Gasteiger partial charge in [-0.15, -0.1) is 0 Å². The summed E-state index contributed by atoms with van der Waals surface area (Å²) in [6, 6.07) is 9.44. The molecule has 0 aliphatic carbocycles. The van der Waals surface area contributed by atoms with Gasteiger partial charge in [-0.3, -0.25) is 13.9 Å². The van der Waals surface area contributed by atoms with E-state index in [9.17, 15) is 9.59 Å². The zero-order valence-electron chi connectivity index (χ0n) is 11.5. The van der Waals surface area contributed by atoms with Crippen LogP contribution in [-0.2, 0) is 13.1 Å². The summed E-state index contributed by atoms with van der Waals surface area (Å²) in [4.78, 5) is 24.3. The van der Waals surface area contributed by atoms with E-state index < -0.39 is 11.2 Å². The number of hydrogen-bond donors (Lipinski definition) is 0. The molecule has 0 unspecified atom stereocenters. The monoisotopic (exact) mass is 269 g/mol. The van der Waals surface area contributed by atoms with Crippen LogP contribution in [0.4, 0.5) is 0 Å². The molecule has 1 aromatic carbocycles. The molecule has 2 rings (SSSR count). The van der Waals surface area contributed by atoms with E-state index in [0.29, 0.717) is 6.54 Å². The van der Waals surface area contributed by atoms with Crippen molar-refractivity contribution in [3.63, 3.8) is 0 Å². The highest BCUT2D eigenvalue weighted by Crippen LogP contribution is 2.04. The molecule has 0 fully saturated rings. The lowest BCUT2D eigenvalue weighted by Gasteiger charge is -2.09. The van der Waals surface area contributed by atoms with Crippen molar-refractivity contribution in [3.05, 3.63) is 68.0 Å². The van der Waals surface area contributed by atoms with Crippen LogP contribution >= 0.6 is 0 Å². The normalized spacial score (nSPS) is 10.2. The van der Waals surface area contributed by atoms with Gasteiger partial charge < -0.3 is 0 Å². The first kappa shape index (κ1) is 13.8. The highest BCUT2D eigenvalue weighted by molar-refractivity contribution is 5.25. The number of rotatable bonds is 3. The minimum Gasteiger partial charge on any atom is -0.299 e. The number of nitriles is 1. The second-order valence-corrected chi connectivity index (χ2v) is 4.60. The van der Waals surface area contributed by atoms with Gasteiger partial charge in [0.2, 0.25) is 0 Å². The Bertz CT molecular complexity index is 794. The van der Waals surface area contributed by atoms with Gasteiger partial charge >= 0.3 is 5.69 Å². The summed E-state index contributed by atoms with van der Waals surface area (Å²) in [5.74, 6) is 0. The minimum absolute atomic E-state index is 0.0147. The highest BCUT2D eigenvalue weighted by atomic mass is 16.2. The lowest BCUT2D eigenvalue weighted by Crippen LogP contribution is -2.40. The molecule has 0 radical (unpaired) electrons. The van der Waals surface area contributed by atoms with Crippen LogP contribution in [-0.4, -0.2) is 9.13 Å². The third kappa shape index (κ3) is 2.54. The van der Waals surface area contributed by atoms with E-state index in [4.69, 9.17) is 5.26 Å². The van der Waals surface area contributed by atoms with Crippen LogP contribution in [0.1, 0.15) is 23.6 Å². The van der Waals surface area contributed by atoms with E-state index in [2.05, 4.69) is 0 Å². The largest absolute Gasteiger partial charge is 0.331 e. The Morgan fingerprint density at radius 2 is 2.05 bits per heavy atom. The van der Waals surface area contributed by atoms with Crippen LogP contribution in [0.3, 0.4) is 0 Å². The van der Waals surface area contributed by atoms with Gasteiger partial charge in [0.15, 0.2) is 0 Å². The Labute approximate surface area is 116 Å². The first-order chi connectivity index (χ1) is 9.56. The molecule has 102 valence electrons. The lowest BCUT2D eigenvalue weighted by atomic mass is 10.1. The van der Waals surface area contributed by atoms with Crippen LogP contribution < -0.4 is 11.2 Å². The Balaban J connectivity index is 2.60. The smallest absolute Gasteiger partial charge is 0.299 e. The van der Waals surface area contributed by atoms with E-state index >= 15 is 0 Å². The molecule has 0 amide bonds. The first-order valence-electron chi connectivity index (χ1n) is 6.36. The fourth-order valence-electron chi connectivity index (χ4n) is 2.09. The molecule has 0 saturated carbocycles. The topological polar surface area (TPSA) is 67.8 Å². The van der Waals surface area contributed by atoms with Gasteiger partial charge in [-0.2, -0.15) is 5.26 Å². The Hall–Kier alpha value is -2.61. The highest BCUT2D eigenvalue weighted by Gasteiger charge is 2.10.